The van der Waals surface area contributed by atoms with Crippen LogP contribution in [-0.4, -0.2) is 34.4 Å². The van der Waals surface area contributed by atoms with Crippen LogP contribution in [0.2, 0.25) is 0 Å². The average molecular weight is 415 g/mol. The van der Waals surface area contributed by atoms with Crippen LogP contribution in [0.15, 0.2) is 71.8 Å². The molecule has 3 aromatic carbocycles. The fourth-order valence-electron chi connectivity index (χ4n) is 3.20. The number of ether oxygens (including phenoxy) is 1. The van der Waals surface area contributed by atoms with Gasteiger partial charge in [-0.25, -0.2) is 5.43 Å². The summed E-state index contributed by atoms with van der Waals surface area (Å²) in [5, 5.41) is 23.7. The van der Waals surface area contributed by atoms with Crippen molar-refractivity contribution < 1.29 is 14.5 Å². The van der Waals surface area contributed by atoms with E-state index in [2.05, 4.69) is 20.7 Å². The Bertz CT molecular complexity index is 1310. The van der Waals surface area contributed by atoms with Crippen molar-refractivity contribution in [2.75, 3.05) is 7.11 Å². The van der Waals surface area contributed by atoms with Gasteiger partial charge in [0.15, 0.2) is 0 Å². The molecule has 2 N–H and O–H groups in total. The molecule has 0 aliphatic carbocycles. The Morgan fingerprint density at radius 1 is 1.16 bits per heavy atom. The van der Waals surface area contributed by atoms with E-state index >= 15 is 0 Å². The first-order chi connectivity index (χ1) is 15.1. The van der Waals surface area contributed by atoms with Crippen molar-refractivity contribution >= 4 is 28.6 Å². The van der Waals surface area contributed by atoms with Gasteiger partial charge in [-0.2, -0.15) is 10.2 Å². The number of hydrogen-bond donors (Lipinski definition) is 2. The first-order valence-corrected chi connectivity index (χ1v) is 9.26. The Kier molecular flexibility index (Phi) is 5.39. The number of nitro groups is 1. The van der Waals surface area contributed by atoms with Gasteiger partial charge in [-0.1, -0.05) is 42.5 Å². The van der Waals surface area contributed by atoms with Crippen LogP contribution < -0.4 is 10.2 Å². The number of benzene rings is 3. The Balaban J connectivity index is 1.56. The summed E-state index contributed by atoms with van der Waals surface area (Å²) in [5.41, 5.74) is 4.35. The largest absolute Gasteiger partial charge is 0.496 e. The van der Waals surface area contributed by atoms with Gasteiger partial charge in [-0.3, -0.25) is 20.0 Å². The molecule has 9 heteroatoms. The van der Waals surface area contributed by atoms with Gasteiger partial charge in [-0.15, -0.1) is 0 Å². The average Bonchev–Trinajstić information content (AvgIpc) is 3.28. The number of nitrogens with zero attached hydrogens (tertiary/aromatic N) is 3. The number of methoxy groups -OCH3 is 1. The van der Waals surface area contributed by atoms with Crippen LogP contribution in [0.3, 0.4) is 0 Å². The van der Waals surface area contributed by atoms with E-state index in [0.717, 1.165) is 16.3 Å². The highest BCUT2D eigenvalue weighted by Crippen LogP contribution is 2.36. The van der Waals surface area contributed by atoms with Crippen molar-refractivity contribution in [2.24, 2.45) is 5.10 Å². The number of carbonyl (C=O) groups is 1. The fourth-order valence-corrected chi connectivity index (χ4v) is 3.20. The third kappa shape index (κ3) is 4.10. The second-order valence-corrected chi connectivity index (χ2v) is 6.58. The van der Waals surface area contributed by atoms with Crippen molar-refractivity contribution in [1.29, 1.82) is 0 Å². The molecule has 0 spiro atoms. The topological polar surface area (TPSA) is 123 Å². The molecule has 0 saturated heterocycles. The smallest absolute Gasteiger partial charge is 0.289 e. The number of nitro benzene ring substituents is 1. The summed E-state index contributed by atoms with van der Waals surface area (Å²) in [6, 6.07) is 19.2. The fraction of sp³-hybridized carbons (Fsp3) is 0.0455. The van der Waals surface area contributed by atoms with Crippen LogP contribution in [-0.2, 0) is 0 Å². The van der Waals surface area contributed by atoms with E-state index in [0.29, 0.717) is 17.0 Å². The Morgan fingerprint density at radius 3 is 2.81 bits per heavy atom. The number of fused-ring (bicyclic) bond motifs is 1. The lowest BCUT2D eigenvalue weighted by Crippen LogP contribution is -2.18. The van der Waals surface area contributed by atoms with Crippen molar-refractivity contribution in [3.8, 4) is 17.0 Å². The van der Waals surface area contributed by atoms with Crippen molar-refractivity contribution in [3.63, 3.8) is 0 Å². The molecular weight excluding hydrogens is 398 g/mol. The maximum atomic E-state index is 12.4. The first kappa shape index (κ1) is 19.8. The van der Waals surface area contributed by atoms with Gasteiger partial charge in [0.25, 0.3) is 11.6 Å². The Morgan fingerprint density at radius 2 is 2.00 bits per heavy atom. The van der Waals surface area contributed by atoms with Crippen LogP contribution in [0, 0.1) is 10.1 Å². The summed E-state index contributed by atoms with van der Waals surface area (Å²) in [6.07, 6.45) is 1.33. The van der Waals surface area contributed by atoms with Crippen molar-refractivity contribution in [2.45, 2.75) is 0 Å². The van der Waals surface area contributed by atoms with E-state index in [1.54, 1.807) is 25.3 Å². The lowest BCUT2D eigenvalue weighted by atomic mass is 10.0. The zero-order chi connectivity index (χ0) is 21.8. The van der Waals surface area contributed by atoms with Crippen LogP contribution in [0.1, 0.15) is 16.1 Å². The number of hydrogen-bond acceptors (Lipinski definition) is 6. The highest BCUT2D eigenvalue weighted by Gasteiger charge is 2.16. The minimum Gasteiger partial charge on any atom is -0.496 e. The molecule has 0 saturated carbocycles. The third-order valence-electron chi connectivity index (χ3n) is 4.65. The molecule has 1 heterocycles. The van der Waals surface area contributed by atoms with Crippen LogP contribution in [0.4, 0.5) is 5.69 Å². The number of carbonyl (C=O) groups excluding carboxylic acids is 1. The van der Waals surface area contributed by atoms with Gasteiger partial charge in [0.05, 0.1) is 29.5 Å². The Hall–Kier alpha value is -4.53. The van der Waals surface area contributed by atoms with Gasteiger partial charge >= 0.3 is 0 Å². The van der Waals surface area contributed by atoms with Gasteiger partial charge in [0, 0.05) is 17.7 Å². The summed E-state index contributed by atoms with van der Waals surface area (Å²) in [6.45, 7) is 0. The van der Waals surface area contributed by atoms with Gasteiger partial charge < -0.3 is 4.74 Å². The Labute approximate surface area is 176 Å². The molecule has 4 aromatic rings. The summed E-state index contributed by atoms with van der Waals surface area (Å²) in [7, 11) is 1.58. The summed E-state index contributed by atoms with van der Waals surface area (Å²) >= 11 is 0. The molecule has 0 aliphatic heterocycles. The normalized spacial score (nSPS) is 11.0. The molecule has 0 fully saturated rings. The lowest BCUT2D eigenvalue weighted by Gasteiger charge is -2.09. The molecule has 4 rings (SSSR count). The molecule has 0 radical (unpaired) electrons. The number of aromatic amines is 1. The van der Waals surface area contributed by atoms with Gasteiger partial charge in [0.2, 0.25) is 0 Å². The van der Waals surface area contributed by atoms with Gasteiger partial charge in [0.1, 0.15) is 11.4 Å². The zero-order valence-corrected chi connectivity index (χ0v) is 16.4. The molecular formula is C22H17N5O4. The second-order valence-electron chi connectivity index (χ2n) is 6.58. The van der Waals surface area contributed by atoms with Gasteiger partial charge in [-0.05, 0) is 22.9 Å². The van der Waals surface area contributed by atoms with Crippen molar-refractivity contribution in [1.82, 2.24) is 15.6 Å². The van der Waals surface area contributed by atoms with E-state index in [1.165, 1.54) is 18.3 Å². The molecule has 0 bridgehead atoms. The molecule has 31 heavy (non-hydrogen) atoms. The summed E-state index contributed by atoms with van der Waals surface area (Å²) in [5.74, 6) is 0.139. The minimum absolute atomic E-state index is 0.0579. The van der Waals surface area contributed by atoms with E-state index in [4.69, 9.17) is 4.74 Å². The highest BCUT2D eigenvalue weighted by molar-refractivity contribution is 6.00. The molecule has 0 atom stereocenters. The number of aromatic nitrogens is 2. The van der Waals surface area contributed by atoms with E-state index in [-0.39, 0.29) is 11.4 Å². The molecule has 0 aliphatic rings. The number of amides is 1. The highest BCUT2D eigenvalue weighted by atomic mass is 16.6. The molecule has 9 nitrogen and oxygen atoms in total. The quantitative estimate of drug-likeness (QED) is 0.281. The zero-order valence-electron chi connectivity index (χ0n) is 16.4. The van der Waals surface area contributed by atoms with Crippen LogP contribution >= 0.6 is 0 Å². The first-order valence-electron chi connectivity index (χ1n) is 9.26. The number of non-ortho nitro benzene ring substituents is 1. The van der Waals surface area contributed by atoms with Crippen molar-refractivity contribution in [3.05, 3.63) is 88.1 Å². The van der Waals surface area contributed by atoms with E-state index in [1.807, 2.05) is 36.4 Å². The van der Waals surface area contributed by atoms with E-state index < -0.39 is 10.8 Å². The minimum atomic E-state index is -0.500. The van der Waals surface area contributed by atoms with Crippen LogP contribution in [0.25, 0.3) is 22.0 Å². The second kappa shape index (κ2) is 8.46. The van der Waals surface area contributed by atoms with E-state index in [9.17, 15) is 14.9 Å². The number of H-pyrrole nitrogens is 1. The number of nitrogens with one attached hydrogen (secondary N) is 2. The van der Waals surface area contributed by atoms with Crippen LogP contribution in [0.5, 0.6) is 5.75 Å². The maximum Gasteiger partial charge on any atom is 0.289 e. The maximum absolute atomic E-state index is 12.4. The predicted octanol–water partition coefficient (Wildman–Crippen LogP) is 3.91. The lowest BCUT2D eigenvalue weighted by molar-refractivity contribution is -0.384. The summed E-state index contributed by atoms with van der Waals surface area (Å²) in [4.78, 5) is 22.8. The SMILES string of the molecule is COc1ccc2ccccc2c1-c1cc(C(=O)N/N=C\c2cccc([N+](=O)[O-])c2)[nH]n1. The standard InChI is InChI=1S/C22H17N5O4/c1-31-20-10-9-15-6-2-3-8-17(15)21(20)18-12-19(25-24-18)22(28)26-23-13-14-5-4-7-16(11-14)27(29)30/h2-13H,1H3,(H,24,25)(H,26,28)/b23-13-. The predicted molar refractivity (Wildman–Crippen MR) is 116 cm³/mol. The molecule has 0 unspecified atom stereocenters. The number of rotatable bonds is 6. The number of hydrazone groups is 1. The molecule has 1 aromatic heterocycles. The molecule has 154 valence electrons. The molecule has 1 amide bonds. The summed E-state index contributed by atoms with van der Waals surface area (Å²) < 4.78 is 5.49. The third-order valence-corrected chi connectivity index (χ3v) is 4.65. The monoisotopic (exact) mass is 415 g/mol.